The van der Waals surface area contributed by atoms with Crippen LogP contribution in [0.25, 0.3) is 11.0 Å². The number of fused-ring (bicyclic) bond motifs is 2. The summed E-state index contributed by atoms with van der Waals surface area (Å²) in [5, 5.41) is 14.7. The molecule has 3 aliphatic rings. The van der Waals surface area contributed by atoms with Crippen LogP contribution in [-0.2, 0) is 51.0 Å². The topological polar surface area (TPSA) is 181 Å². The van der Waals surface area contributed by atoms with E-state index in [0.29, 0.717) is 38.8 Å². The van der Waals surface area contributed by atoms with Gasteiger partial charge in [-0.25, -0.2) is 19.0 Å². The van der Waals surface area contributed by atoms with E-state index in [-0.39, 0.29) is 31.3 Å². The lowest BCUT2D eigenvalue weighted by Crippen LogP contribution is -2.62. The van der Waals surface area contributed by atoms with Gasteiger partial charge in [0.25, 0.3) is 5.67 Å². The quantitative estimate of drug-likeness (QED) is 0.0796. The highest BCUT2D eigenvalue weighted by molar-refractivity contribution is 6.08. The van der Waals surface area contributed by atoms with Gasteiger partial charge in [0, 0.05) is 69.4 Å². The first-order valence-corrected chi connectivity index (χ1v) is 23.0. The lowest BCUT2D eigenvalue weighted by Gasteiger charge is -2.46. The lowest BCUT2D eigenvalue weighted by molar-refractivity contribution is -0.290. The zero-order valence-corrected chi connectivity index (χ0v) is 39.3. The smallest absolute Gasteiger partial charge is 0.410 e. The van der Waals surface area contributed by atoms with Crippen molar-refractivity contribution in [3.63, 3.8) is 0 Å². The minimum absolute atomic E-state index is 0.0192. The Morgan fingerprint density at radius 2 is 1.75 bits per heavy atom. The van der Waals surface area contributed by atoms with Crippen LogP contribution in [-0.4, -0.2) is 128 Å². The first-order chi connectivity index (χ1) is 30.8. The number of ether oxygens (including phenoxy) is 5. The number of benzene rings is 1. The molecule has 0 saturated carbocycles. The van der Waals surface area contributed by atoms with Gasteiger partial charge in [-0.05, 0) is 83.6 Å². The molecule has 1 unspecified atom stereocenters. The van der Waals surface area contributed by atoms with Crippen molar-refractivity contribution in [2.75, 3.05) is 20.2 Å². The van der Waals surface area contributed by atoms with Gasteiger partial charge in [-0.3, -0.25) is 14.6 Å². The van der Waals surface area contributed by atoms with Crippen LogP contribution in [0.4, 0.5) is 9.18 Å². The largest absolute Gasteiger partial charge is 0.455 e. The number of halogens is 1. The number of rotatable bonds is 14. The summed E-state index contributed by atoms with van der Waals surface area (Å²) in [6.07, 6.45) is 1.29. The standard InChI is InChI=1S/C49H68FN5O10/c1-11-21-52-35-25-30(4)62-44(40(35)57)64-43-32(6)42(58)48(8,50)45(59)63-37(12-2)49(9)41(31(5)39(56)29(3)27-47(43,7)61-10)55(46(60)65-49)24-16-15-23-54-36-20-14-13-19-34(36)53-38(54)26-33-18-17-22-51-28-33/h11,13-14,17-20,22,28-32,35,37,40-41,43-44,52,57H,1,12,15-16,21,23-27H2,2-10H3/t29-,30-,31+,32+,35+,37-,40+,41?,43-,44+,47-,48+,49-/m1/s1. The summed E-state index contributed by atoms with van der Waals surface area (Å²) < 4.78 is 50.0. The number of hydrogen-bond acceptors (Lipinski definition) is 13. The SMILES string of the molecule is C=CCN[C@H]1C[C@@H](C)O[C@@H](O[C@@H]2[C@@H](C)C(=O)[C@](C)(F)C(=O)O[C@H](CC)[C@@]3(C)OC(=O)N(CCCCn4c(Cc5cccnc5)nc5ccccc54)C3[C@@H](C)C(=O)[C@H](C)C[C@@]2(C)OC)[C@H]1O. The maximum Gasteiger partial charge on any atom is 0.410 e. The predicted molar refractivity (Wildman–Crippen MR) is 240 cm³/mol. The third kappa shape index (κ3) is 10.2. The molecular weight excluding hydrogens is 838 g/mol. The summed E-state index contributed by atoms with van der Waals surface area (Å²) >= 11 is 0. The number of imidazole rings is 1. The van der Waals surface area contributed by atoms with Crippen LogP contribution in [0.15, 0.2) is 61.4 Å². The zero-order chi connectivity index (χ0) is 47.4. The molecule has 356 valence electrons. The van der Waals surface area contributed by atoms with E-state index < -0.39 is 89.2 Å². The number of amides is 1. The van der Waals surface area contributed by atoms with E-state index in [1.165, 1.54) is 18.9 Å². The molecule has 0 bridgehead atoms. The number of carbonyl (C=O) groups is 4. The van der Waals surface area contributed by atoms with Crippen molar-refractivity contribution in [2.24, 2.45) is 17.8 Å². The van der Waals surface area contributed by atoms with Gasteiger partial charge < -0.3 is 43.6 Å². The fourth-order valence-electron chi connectivity index (χ4n) is 10.4. The monoisotopic (exact) mass is 905 g/mol. The number of aliphatic hydroxyl groups excluding tert-OH is 1. The van der Waals surface area contributed by atoms with Gasteiger partial charge in [-0.15, -0.1) is 6.58 Å². The average molecular weight is 906 g/mol. The molecule has 3 saturated heterocycles. The molecule has 6 rings (SSSR count). The number of pyridine rings is 1. The van der Waals surface area contributed by atoms with Crippen molar-refractivity contribution >= 4 is 34.7 Å². The van der Waals surface area contributed by atoms with E-state index in [2.05, 4.69) is 21.4 Å². The first kappa shape index (κ1) is 49.8. The van der Waals surface area contributed by atoms with Gasteiger partial charge in [-0.2, -0.15) is 0 Å². The summed E-state index contributed by atoms with van der Waals surface area (Å²) in [4.78, 5) is 68.1. The minimum atomic E-state index is -3.20. The molecule has 0 spiro atoms. The molecular formula is C49H68FN5O10. The molecule has 65 heavy (non-hydrogen) atoms. The molecule has 1 amide bonds. The average Bonchev–Trinajstić information content (AvgIpc) is 3.76. The molecule has 2 N–H and O–H groups in total. The Bertz CT molecular complexity index is 2170. The summed E-state index contributed by atoms with van der Waals surface area (Å²) in [7, 11) is 1.40. The number of ketones is 2. The summed E-state index contributed by atoms with van der Waals surface area (Å²) in [6, 6.07) is 10.4. The van der Waals surface area contributed by atoms with Crippen LogP contribution in [0.1, 0.15) is 98.9 Å². The Balaban J connectivity index is 1.30. The summed E-state index contributed by atoms with van der Waals surface area (Å²) in [6.45, 7) is 17.5. The van der Waals surface area contributed by atoms with E-state index in [1.807, 2.05) is 49.5 Å². The van der Waals surface area contributed by atoms with Crippen molar-refractivity contribution in [3.8, 4) is 0 Å². The number of para-hydroxylation sites is 2. The molecule has 3 fully saturated rings. The van der Waals surface area contributed by atoms with Gasteiger partial charge in [0.1, 0.15) is 23.8 Å². The number of hydrogen-bond donors (Lipinski definition) is 2. The maximum absolute atomic E-state index is 17.0. The van der Waals surface area contributed by atoms with Crippen LogP contribution in [0.5, 0.6) is 0 Å². The Hall–Kier alpha value is -4.61. The van der Waals surface area contributed by atoms with Gasteiger partial charge in [0.15, 0.2) is 17.7 Å². The van der Waals surface area contributed by atoms with Crippen LogP contribution in [0.2, 0.25) is 0 Å². The highest BCUT2D eigenvalue weighted by atomic mass is 19.1. The molecule has 3 aliphatic heterocycles. The fourth-order valence-corrected chi connectivity index (χ4v) is 10.4. The predicted octanol–water partition coefficient (Wildman–Crippen LogP) is 6.31. The third-order valence-corrected chi connectivity index (χ3v) is 13.9. The second kappa shape index (κ2) is 20.5. The van der Waals surface area contributed by atoms with Gasteiger partial charge in [-0.1, -0.05) is 52.0 Å². The van der Waals surface area contributed by atoms with Gasteiger partial charge >= 0.3 is 12.1 Å². The van der Waals surface area contributed by atoms with E-state index in [1.54, 1.807) is 46.9 Å². The Morgan fingerprint density at radius 1 is 1.03 bits per heavy atom. The second-order valence-electron chi connectivity index (χ2n) is 18.8. The normalized spacial score (nSPS) is 35.1. The number of nitrogens with zero attached hydrogens (tertiary/aromatic N) is 4. The molecule has 16 heteroatoms. The van der Waals surface area contributed by atoms with Crippen molar-refractivity contribution in [2.45, 2.75) is 160 Å². The van der Waals surface area contributed by atoms with Crippen molar-refractivity contribution in [3.05, 3.63) is 72.8 Å². The highest BCUT2D eigenvalue weighted by Crippen LogP contribution is 2.44. The number of unbranched alkanes of at least 4 members (excludes halogenated alkanes) is 1. The maximum atomic E-state index is 17.0. The molecule has 5 heterocycles. The molecule has 1 aromatic carbocycles. The zero-order valence-electron chi connectivity index (χ0n) is 39.3. The van der Waals surface area contributed by atoms with Crippen LogP contribution in [0, 0.1) is 17.8 Å². The van der Waals surface area contributed by atoms with E-state index in [4.69, 9.17) is 28.7 Å². The molecule has 2 aromatic heterocycles. The van der Waals surface area contributed by atoms with Gasteiger partial charge in [0.05, 0.1) is 34.9 Å². The number of esters is 1. The number of aryl methyl sites for hydroxylation is 1. The highest BCUT2D eigenvalue weighted by Gasteiger charge is 2.61. The number of methoxy groups -OCH3 is 1. The van der Waals surface area contributed by atoms with Gasteiger partial charge in [0.2, 0.25) is 0 Å². The van der Waals surface area contributed by atoms with Crippen LogP contribution < -0.4 is 5.32 Å². The molecule has 0 aliphatic carbocycles. The second-order valence-corrected chi connectivity index (χ2v) is 18.8. The molecule has 3 aromatic rings. The number of aromatic nitrogens is 3. The number of Topliss-reactive ketones (excluding diaryl/α,β-unsaturated/α-hetero) is 2. The Morgan fingerprint density at radius 3 is 2.43 bits per heavy atom. The third-order valence-electron chi connectivity index (χ3n) is 13.9. The summed E-state index contributed by atoms with van der Waals surface area (Å²) in [5.41, 5.74) is -3.42. The van der Waals surface area contributed by atoms with E-state index in [9.17, 15) is 24.3 Å². The van der Waals surface area contributed by atoms with Crippen LogP contribution in [0.3, 0.4) is 0 Å². The number of carbonyl (C=O) groups excluding carboxylic acids is 4. The first-order valence-electron chi connectivity index (χ1n) is 23.0. The number of cyclic esters (lactones) is 1. The molecule has 0 radical (unpaired) electrons. The summed E-state index contributed by atoms with van der Waals surface area (Å²) in [5.74, 6) is -5.01. The Labute approximate surface area is 381 Å². The number of alkyl halides is 1. The lowest BCUT2D eigenvalue weighted by atomic mass is 9.73. The van der Waals surface area contributed by atoms with E-state index >= 15 is 4.39 Å². The van der Waals surface area contributed by atoms with Crippen LogP contribution >= 0.6 is 0 Å². The van der Waals surface area contributed by atoms with Crippen molar-refractivity contribution in [1.82, 2.24) is 24.8 Å². The van der Waals surface area contributed by atoms with Crippen molar-refractivity contribution in [1.29, 1.82) is 0 Å². The van der Waals surface area contributed by atoms with Crippen molar-refractivity contribution < 1.29 is 52.4 Å². The molecule has 15 nitrogen and oxygen atoms in total. The molecule has 13 atom stereocenters. The number of nitrogens with one attached hydrogen (secondary N) is 1. The fraction of sp³-hybridized carbons (Fsp3) is 0.633. The van der Waals surface area contributed by atoms with E-state index in [0.717, 1.165) is 29.3 Å². The number of aliphatic hydroxyl groups is 1. The minimum Gasteiger partial charge on any atom is -0.455 e. The Kier molecular flexibility index (Phi) is 15.7.